The standard InChI is InChI=1S/C118H132BN3/c1-109(2,3)80-49-44-74(45-50-80)93-67-87(116(22,23)24)69-95(79-60-85(114(16,17)18)66-86(61-79)115(19,20)21)107(93)121-102-62-76(73-38-32-31-33-39-73)48-56-98(102)119-99-57-54-89(120-100-42-36-34-40-91(100)92-41-35-37-43-101(92)120)72-103(99)122(105-64-78(63-104(121)106(105)119)77-58-83(112(10,11)12)65-84(59-77)113(13,14)15)108-94(75-46-51-81(52-47-75)110(4,5)6)68-88(117(25,26)27)70-96(108)90-55-53-82(111(7,8)9)71-97(90)118(28,29)30/h31-72H,1-30H3/i31D,32D,33D,34D,35D,36D,37D,38D,39D,40D,41D,42D,43D,44D,45D,46D,47D,49D,50D,51D,52D,53D,55D,60D,61D,66D,67D,68D,69D,70D,71D. The molecule has 0 radical (unpaired) electrons. The van der Waals surface area contributed by atoms with Crippen molar-refractivity contribution < 1.29 is 42.5 Å². The van der Waals surface area contributed by atoms with Gasteiger partial charge in [-0.25, -0.2) is 0 Å². The molecule has 622 valence electrons. The largest absolute Gasteiger partial charge is 0.310 e. The van der Waals surface area contributed by atoms with Gasteiger partial charge in [-0.15, -0.1) is 0 Å². The summed E-state index contributed by atoms with van der Waals surface area (Å²) < 4.78 is 326. The van der Waals surface area contributed by atoms with E-state index in [4.69, 9.17) is 1.37 Å². The maximum Gasteiger partial charge on any atom is 0.252 e. The summed E-state index contributed by atoms with van der Waals surface area (Å²) in [5, 5.41) is -0.657. The van der Waals surface area contributed by atoms with E-state index in [2.05, 4.69) is 6.07 Å². The third-order valence-electron chi connectivity index (χ3n) is 23.3. The van der Waals surface area contributed by atoms with Gasteiger partial charge in [0.2, 0.25) is 0 Å². The second kappa shape index (κ2) is 29.5. The second-order valence-corrected chi connectivity index (χ2v) is 43.6. The Kier molecular flexibility index (Phi) is 13.2. The number of aromatic nitrogens is 1. The zero-order chi connectivity index (χ0) is 115. The highest BCUT2D eigenvalue weighted by Crippen LogP contribution is 2.58. The number of hydrogen-bond acceptors (Lipinski definition) is 2. The highest BCUT2D eigenvalue weighted by Gasteiger charge is 2.47. The van der Waals surface area contributed by atoms with Gasteiger partial charge in [0.1, 0.15) is 0 Å². The molecule has 0 aliphatic carbocycles. The quantitative estimate of drug-likeness (QED) is 0.133. The first-order valence-electron chi connectivity index (χ1n) is 58.0. The molecule has 2 aliphatic rings. The summed E-state index contributed by atoms with van der Waals surface area (Å²) in [6.07, 6.45) is 0. The van der Waals surface area contributed by atoms with Crippen LogP contribution < -0.4 is 26.2 Å². The number of para-hydroxylation sites is 2. The molecule has 0 bridgehead atoms. The van der Waals surface area contributed by atoms with Crippen LogP contribution in [0.25, 0.3) is 94.3 Å². The van der Waals surface area contributed by atoms with E-state index in [-0.39, 0.29) is 168 Å². The van der Waals surface area contributed by atoms with Gasteiger partial charge < -0.3 is 14.4 Å². The average molecular weight is 1630 g/mol. The Bertz CT molecular complexity index is 8210. The van der Waals surface area contributed by atoms with Crippen LogP contribution in [0.3, 0.4) is 0 Å². The fraction of sp³-hybridized carbons (Fsp3) is 0.339. The third-order valence-corrected chi connectivity index (χ3v) is 23.3. The SMILES string of the molecule is [2H]c1c([2H])c([2H])c(-c2ccc3c(c2)N(c2c(-c4c([2H])c([2H])c(C(C)(C)C)c([2H])c4[2H])c([2H])c(C(C)(C)C)c([2H])c2-c2c([2H])c(C(C)(C)C)c([2H])c(C(C)(C)C)c2[2H])c2cc(-c4cc(C(C)(C)C)cc(C(C)(C)C)c4)cc4c2B3c2ccc(-n3c5c([2H])c([2H])c([2H])c([2H])c5c5c([2H])c([2H])c([2H])c([2H])c53)cc2N4c2c(-c3c([2H])c([2H])c(C(C)(C)C)c([2H])c3[2H])c([2H])c(C(C)(C)C)c([2H])c2-c2c([2H])c([2H])c(C(C)(C)C)c([2H])c2C(C)(C)C)c([2H])c1[2H]. The van der Waals surface area contributed by atoms with Gasteiger partial charge in [0, 0.05) is 61.5 Å². The number of anilines is 6. The molecule has 16 rings (SSSR count). The van der Waals surface area contributed by atoms with Crippen LogP contribution in [-0.2, 0) is 54.1 Å². The molecule has 14 aromatic rings. The normalized spacial score (nSPS) is 17.3. The van der Waals surface area contributed by atoms with Crippen molar-refractivity contribution in [2.24, 2.45) is 0 Å². The minimum absolute atomic E-state index is 0.0354. The molecule has 13 aromatic carbocycles. The molecule has 3 heterocycles. The molecule has 0 N–H and O–H groups in total. The molecule has 2 aliphatic heterocycles. The van der Waals surface area contributed by atoms with E-state index in [1.165, 1.54) is 10.6 Å². The minimum atomic E-state index is -1.47. The Morgan fingerprint density at radius 2 is 0.607 bits per heavy atom. The van der Waals surface area contributed by atoms with Crippen LogP contribution in [0, 0.1) is 0 Å². The lowest BCUT2D eigenvalue weighted by atomic mass is 9.33. The van der Waals surface area contributed by atoms with E-state index >= 15 is 0 Å². The Labute approximate surface area is 776 Å². The van der Waals surface area contributed by atoms with Crippen molar-refractivity contribution in [2.45, 2.75) is 262 Å². The number of fused-ring (bicyclic) bond motifs is 7. The minimum Gasteiger partial charge on any atom is -0.310 e. The predicted molar refractivity (Wildman–Crippen MR) is 534 cm³/mol. The fourth-order valence-corrected chi connectivity index (χ4v) is 16.1. The monoisotopic (exact) mass is 1630 g/mol. The first-order valence-corrected chi connectivity index (χ1v) is 42.5. The van der Waals surface area contributed by atoms with Gasteiger partial charge in [-0.05, 0) is 237 Å². The highest BCUT2D eigenvalue weighted by atomic mass is 15.2. The Balaban J connectivity index is 1.34. The number of benzene rings is 13. The summed E-state index contributed by atoms with van der Waals surface area (Å²) in [7, 11) is 0. The lowest BCUT2D eigenvalue weighted by Gasteiger charge is -2.46. The van der Waals surface area contributed by atoms with E-state index in [1.54, 1.807) is 186 Å². The van der Waals surface area contributed by atoms with Gasteiger partial charge in [0.15, 0.2) is 0 Å². The lowest BCUT2D eigenvalue weighted by molar-refractivity contribution is 0.568. The molecule has 0 atom stereocenters. The van der Waals surface area contributed by atoms with Crippen LogP contribution in [-0.4, -0.2) is 11.3 Å². The molecule has 1 aromatic heterocycles. The van der Waals surface area contributed by atoms with Gasteiger partial charge >= 0.3 is 0 Å². The van der Waals surface area contributed by atoms with Crippen molar-refractivity contribution in [3.05, 3.63) is 310 Å². The Morgan fingerprint density at radius 1 is 0.238 bits per heavy atom. The molecule has 0 spiro atoms. The van der Waals surface area contributed by atoms with Crippen LogP contribution >= 0.6 is 0 Å². The average Bonchev–Trinajstić information content (AvgIpc) is 1.35. The molecule has 3 nitrogen and oxygen atoms in total. The molecule has 0 saturated carbocycles. The van der Waals surface area contributed by atoms with E-state index < -0.39 is 264 Å². The van der Waals surface area contributed by atoms with Crippen molar-refractivity contribution in [2.75, 3.05) is 9.80 Å². The van der Waals surface area contributed by atoms with E-state index in [0.717, 1.165) is 11.1 Å². The molecule has 122 heavy (non-hydrogen) atoms. The lowest BCUT2D eigenvalue weighted by Crippen LogP contribution is -2.61. The van der Waals surface area contributed by atoms with Crippen LogP contribution in [0.15, 0.2) is 254 Å². The molecule has 0 amide bonds. The van der Waals surface area contributed by atoms with Gasteiger partial charge in [-0.1, -0.05) is 395 Å². The maximum atomic E-state index is 11.9. The van der Waals surface area contributed by atoms with Crippen molar-refractivity contribution in [1.29, 1.82) is 0 Å². The van der Waals surface area contributed by atoms with Gasteiger partial charge in [-0.2, -0.15) is 0 Å². The van der Waals surface area contributed by atoms with Crippen molar-refractivity contribution in [3.63, 3.8) is 0 Å². The van der Waals surface area contributed by atoms with Crippen molar-refractivity contribution in [3.8, 4) is 72.4 Å². The molecular formula is C118H132BN3. The highest BCUT2D eigenvalue weighted by molar-refractivity contribution is 7.00. The smallest absolute Gasteiger partial charge is 0.252 e. The van der Waals surface area contributed by atoms with E-state index in [9.17, 15) is 41.1 Å². The molecular weight excluding hydrogens is 1470 g/mol. The molecule has 0 unspecified atom stereocenters. The summed E-state index contributed by atoms with van der Waals surface area (Å²) in [6, 6.07) is 0.283. The molecule has 0 saturated heterocycles. The van der Waals surface area contributed by atoms with Gasteiger partial charge in [-0.3, -0.25) is 0 Å². The van der Waals surface area contributed by atoms with Gasteiger partial charge in [0.25, 0.3) is 6.71 Å². The van der Waals surface area contributed by atoms with Gasteiger partial charge in [0.05, 0.1) is 64.9 Å². The predicted octanol–water partition coefficient (Wildman–Crippen LogP) is 31.8. The maximum absolute atomic E-state index is 11.9. The number of nitrogens with zero attached hydrogens (tertiary/aromatic N) is 3. The molecule has 0 fully saturated rings. The first kappa shape index (κ1) is 54.7. The first-order chi connectivity index (χ1) is 69.8. The van der Waals surface area contributed by atoms with Crippen LogP contribution in [0.1, 0.15) is 306 Å². The fourth-order valence-electron chi connectivity index (χ4n) is 16.1. The Hall–Kier alpha value is -10.7. The summed E-state index contributed by atoms with van der Waals surface area (Å²) in [5.41, 5.74) is -14.1. The Morgan fingerprint density at radius 3 is 1.05 bits per heavy atom. The topological polar surface area (TPSA) is 11.4 Å². The number of hydrogen-bond donors (Lipinski definition) is 0. The third kappa shape index (κ3) is 15.6. The summed E-state index contributed by atoms with van der Waals surface area (Å²) in [4.78, 5) is 3.27. The van der Waals surface area contributed by atoms with Crippen LogP contribution in [0.4, 0.5) is 34.1 Å². The summed E-state index contributed by atoms with van der Waals surface area (Å²) >= 11 is 0. The zero-order valence-electron chi connectivity index (χ0n) is 108. The second-order valence-electron chi connectivity index (χ2n) is 43.6. The van der Waals surface area contributed by atoms with Crippen LogP contribution in [0.5, 0.6) is 0 Å². The summed E-state index contributed by atoms with van der Waals surface area (Å²) in [6.45, 7) is 53.2. The van der Waals surface area contributed by atoms with Crippen molar-refractivity contribution >= 4 is 79.0 Å². The number of rotatable bonds is 9. The van der Waals surface area contributed by atoms with E-state index in [0.29, 0.717) is 5.56 Å². The zero-order valence-corrected chi connectivity index (χ0v) is 76.8. The van der Waals surface area contributed by atoms with Crippen LogP contribution in [0.2, 0.25) is 0 Å². The molecule has 4 heteroatoms. The van der Waals surface area contributed by atoms with Crippen molar-refractivity contribution in [1.82, 2.24) is 4.57 Å². The van der Waals surface area contributed by atoms with E-state index in [1.807, 2.05) is 86.6 Å². The summed E-state index contributed by atoms with van der Waals surface area (Å²) in [5.74, 6) is 0.